The molecule has 0 saturated carbocycles. The Labute approximate surface area is 171 Å². The average molecular weight is 386 g/mol. The number of fused-ring (bicyclic) bond motifs is 1. The largest absolute Gasteiger partial charge is 0.492 e. The molecule has 0 radical (unpaired) electrons. The van der Waals surface area contributed by atoms with Gasteiger partial charge in [0.2, 0.25) is 0 Å². The maximum atomic E-state index is 6.21. The SMILES string of the molecule is Cc1cccc(OCCn2c(C(C)Oc3cccc(C)c3)nc3ccccc32)c1. The summed E-state index contributed by atoms with van der Waals surface area (Å²) in [5.41, 5.74) is 4.43. The summed E-state index contributed by atoms with van der Waals surface area (Å²) < 4.78 is 14.4. The van der Waals surface area contributed by atoms with Gasteiger partial charge in [-0.1, -0.05) is 36.4 Å². The topological polar surface area (TPSA) is 36.3 Å². The molecule has 4 rings (SSSR count). The van der Waals surface area contributed by atoms with Gasteiger partial charge in [-0.3, -0.25) is 0 Å². The number of hydrogen-bond donors (Lipinski definition) is 0. The third-order valence-corrected chi connectivity index (χ3v) is 4.92. The van der Waals surface area contributed by atoms with Crippen LogP contribution in [-0.2, 0) is 6.54 Å². The normalized spacial score (nSPS) is 12.1. The Kier molecular flexibility index (Phi) is 5.52. The van der Waals surface area contributed by atoms with Crippen LogP contribution >= 0.6 is 0 Å². The molecule has 0 aliphatic heterocycles. The molecular formula is C25H26N2O2. The fourth-order valence-corrected chi connectivity index (χ4v) is 3.54. The van der Waals surface area contributed by atoms with E-state index in [1.807, 2.05) is 55.5 Å². The molecule has 0 amide bonds. The lowest BCUT2D eigenvalue weighted by atomic mass is 10.2. The molecule has 3 aromatic carbocycles. The quantitative estimate of drug-likeness (QED) is 0.398. The zero-order valence-corrected chi connectivity index (χ0v) is 17.1. The molecule has 4 nitrogen and oxygen atoms in total. The van der Waals surface area contributed by atoms with E-state index in [1.54, 1.807) is 0 Å². The molecule has 0 fully saturated rings. The summed E-state index contributed by atoms with van der Waals surface area (Å²) in [6.07, 6.45) is -0.178. The highest BCUT2D eigenvalue weighted by molar-refractivity contribution is 5.76. The Balaban J connectivity index is 1.56. The predicted octanol–water partition coefficient (Wildman–Crippen LogP) is 5.87. The van der Waals surface area contributed by atoms with Crippen LogP contribution in [0.2, 0.25) is 0 Å². The van der Waals surface area contributed by atoms with Gasteiger partial charge in [-0.2, -0.15) is 0 Å². The van der Waals surface area contributed by atoms with E-state index in [1.165, 1.54) is 11.1 Å². The third kappa shape index (κ3) is 4.43. The van der Waals surface area contributed by atoms with Gasteiger partial charge < -0.3 is 14.0 Å². The van der Waals surface area contributed by atoms with Crippen molar-refractivity contribution in [3.8, 4) is 11.5 Å². The van der Waals surface area contributed by atoms with E-state index in [9.17, 15) is 0 Å². The molecule has 1 unspecified atom stereocenters. The van der Waals surface area contributed by atoms with Crippen LogP contribution in [0.15, 0.2) is 72.8 Å². The first-order valence-corrected chi connectivity index (χ1v) is 9.98. The van der Waals surface area contributed by atoms with Crippen molar-refractivity contribution in [3.63, 3.8) is 0 Å². The average Bonchev–Trinajstić information content (AvgIpc) is 3.07. The maximum Gasteiger partial charge on any atom is 0.153 e. The molecule has 0 spiro atoms. The standard InChI is InChI=1S/C25H26N2O2/c1-18-8-6-10-21(16-18)28-15-14-27-24-13-5-4-12-23(24)26-25(27)20(3)29-22-11-7-9-19(2)17-22/h4-13,16-17,20H,14-15H2,1-3H3. The van der Waals surface area contributed by atoms with E-state index in [0.29, 0.717) is 13.2 Å². The van der Waals surface area contributed by atoms with Gasteiger partial charge in [-0.25, -0.2) is 4.98 Å². The van der Waals surface area contributed by atoms with Crippen molar-refractivity contribution in [1.29, 1.82) is 0 Å². The summed E-state index contributed by atoms with van der Waals surface area (Å²) in [6, 6.07) is 24.4. The molecule has 0 aliphatic carbocycles. The highest BCUT2D eigenvalue weighted by Gasteiger charge is 2.18. The monoisotopic (exact) mass is 386 g/mol. The minimum absolute atomic E-state index is 0.178. The van der Waals surface area contributed by atoms with E-state index in [-0.39, 0.29) is 6.10 Å². The van der Waals surface area contributed by atoms with Crippen LogP contribution in [0.25, 0.3) is 11.0 Å². The van der Waals surface area contributed by atoms with Gasteiger partial charge in [0, 0.05) is 0 Å². The maximum absolute atomic E-state index is 6.21. The number of nitrogens with zero attached hydrogens (tertiary/aromatic N) is 2. The zero-order valence-electron chi connectivity index (χ0n) is 17.1. The van der Waals surface area contributed by atoms with E-state index < -0.39 is 0 Å². The fourth-order valence-electron chi connectivity index (χ4n) is 3.54. The third-order valence-electron chi connectivity index (χ3n) is 4.92. The molecular weight excluding hydrogens is 360 g/mol. The molecule has 4 aromatic rings. The van der Waals surface area contributed by atoms with E-state index in [2.05, 4.69) is 42.7 Å². The summed E-state index contributed by atoms with van der Waals surface area (Å²) in [7, 11) is 0. The van der Waals surface area contributed by atoms with Gasteiger partial charge >= 0.3 is 0 Å². The van der Waals surface area contributed by atoms with Crippen molar-refractivity contribution >= 4 is 11.0 Å². The first-order chi connectivity index (χ1) is 14.1. The molecule has 0 aliphatic rings. The van der Waals surface area contributed by atoms with Crippen molar-refractivity contribution in [3.05, 3.63) is 89.7 Å². The lowest BCUT2D eigenvalue weighted by Crippen LogP contribution is -2.15. The minimum Gasteiger partial charge on any atom is -0.492 e. The molecule has 0 bridgehead atoms. The summed E-state index contributed by atoms with van der Waals surface area (Å²) in [5.74, 6) is 2.65. The summed E-state index contributed by atoms with van der Waals surface area (Å²) in [6.45, 7) is 7.44. The van der Waals surface area contributed by atoms with Crippen molar-refractivity contribution < 1.29 is 9.47 Å². The number of imidazole rings is 1. The number of benzene rings is 3. The van der Waals surface area contributed by atoms with Crippen molar-refractivity contribution in [2.24, 2.45) is 0 Å². The Morgan fingerprint density at radius 3 is 2.31 bits per heavy atom. The number of para-hydroxylation sites is 2. The summed E-state index contributed by atoms with van der Waals surface area (Å²) in [4.78, 5) is 4.85. The fraction of sp³-hybridized carbons (Fsp3) is 0.240. The smallest absolute Gasteiger partial charge is 0.153 e. The summed E-state index contributed by atoms with van der Waals surface area (Å²) >= 11 is 0. The minimum atomic E-state index is -0.178. The Hall–Kier alpha value is -3.27. The van der Waals surface area contributed by atoms with Gasteiger partial charge in [0.05, 0.1) is 17.6 Å². The molecule has 0 saturated heterocycles. The van der Waals surface area contributed by atoms with Crippen LogP contribution in [0.1, 0.15) is 30.0 Å². The molecule has 29 heavy (non-hydrogen) atoms. The Morgan fingerprint density at radius 2 is 1.55 bits per heavy atom. The molecule has 148 valence electrons. The van der Waals surface area contributed by atoms with Crippen LogP contribution in [0.4, 0.5) is 0 Å². The van der Waals surface area contributed by atoms with Crippen molar-refractivity contribution in [2.75, 3.05) is 6.61 Å². The molecule has 1 atom stereocenters. The van der Waals surface area contributed by atoms with Gasteiger partial charge in [0.15, 0.2) is 11.9 Å². The van der Waals surface area contributed by atoms with Crippen molar-refractivity contribution in [2.45, 2.75) is 33.4 Å². The number of ether oxygens (including phenoxy) is 2. The van der Waals surface area contributed by atoms with Gasteiger partial charge in [0.1, 0.15) is 18.1 Å². The lowest BCUT2D eigenvalue weighted by Gasteiger charge is -2.17. The zero-order chi connectivity index (χ0) is 20.2. The second-order valence-electron chi connectivity index (χ2n) is 7.35. The predicted molar refractivity (Wildman–Crippen MR) is 117 cm³/mol. The number of rotatable bonds is 7. The van der Waals surface area contributed by atoms with Crippen LogP contribution in [0, 0.1) is 13.8 Å². The van der Waals surface area contributed by atoms with Crippen molar-refractivity contribution in [1.82, 2.24) is 9.55 Å². The van der Waals surface area contributed by atoms with E-state index >= 15 is 0 Å². The first kappa shape index (κ1) is 19.1. The van der Waals surface area contributed by atoms with Gasteiger partial charge in [0.25, 0.3) is 0 Å². The second kappa shape index (κ2) is 8.39. The van der Waals surface area contributed by atoms with Gasteiger partial charge in [-0.15, -0.1) is 0 Å². The molecule has 1 aromatic heterocycles. The number of hydrogen-bond acceptors (Lipinski definition) is 3. The van der Waals surface area contributed by atoms with E-state index in [0.717, 1.165) is 28.4 Å². The molecule has 1 heterocycles. The lowest BCUT2D eigenvalue weighted by molar-refractivity contribution is 0.207. The van der Waals surface area contributed by atoms with Crippen LogP contribution in [-0.4, -0.2) is 16.2 Å². The summed E-state index contributed by atoms with van der Waals surface area (Å²) in [5, 5.41) is 0. The van der Waals surface area contributed by atoms with Crippen LogP contribution in [0.5, 0.6) is 11.5 Å². The number of aryl methyl sites for hydroxylation is 2. The number of aromatic nitrogens is 2. The molecule has 4 heteroatoms. The Bertz CT molecular complexity index is 1120. The highest BCUT2D eigenvalue weighted by Crippen LogP contribution is 2.26. The van der Waals surface area contributed by atoms with Crippen LogP contribution in [0.3, 0.4) is 0 Å². The van der Waals surface area contributed by atoms with E-state index in [4.69, 9.17) is 14.5 Å². The highest BCUT2D eigenvalue weighted by atomic mass is 16.5. The first-order valence-electron chi connectivity index (χ1n) is 9.98. The second-order valence-corrected chi connectivity index (χ2v) is 7.35. The molecule has 0 N–H and O–H groups in total. The van der Waals surface area contributed by atoms with Gasteiger partial charge in [-0.05, 0) is 68.3 Å². The van der Waals surface area contributed by atoms with Crippen LogP contribution < -0.4 is 9.47 Å². The Morgan fingerprint density at radius 1 is 0.862 bits per heavy atom.